The molecule has 3 nitrogen and oxygen atoms in total. The average Bonchev–Trinajstić information content (AvgIpc) is 2.68. The van der Waals surface area contributed by atoms with Gasteiger partial charge < -0.3 is 10.1 Å². The first-order valence-electron chi connectivity index (χ1n) is 9.93. The van der Waals surface area contributed by atoms with Gasteiger partial charge in [0.15, 0.2) is 11.6 Å². The first-order valence-corrected chi connectivity index (χ1v) is 9.93. The van der Waals surface area contributed by atoms with E-state index in [1.165, 1.54) is 20.0 Å². The number of hydrogen-bond donors (Lipinski definition) is 1. The van der Waals surface area contributed by atoms with Gasteiger partial charge in [-0.15, -0.1) is 0 Å². The van der Waals surface area contributed by atoms with E-state index in [0.29, 0.717) is 23.1 Å². The van der Waals surface area contributed by atoms with Crippen LogP contribution in [0.5, 0.6) is 5.75 Å². The van der Waals surface area contributed by atoms with Crippen molar-refractivity contribution < 1.29 is 13.9 Å². The van der Waals surface area contributed by atoms with Crippen LogP contribution in [0.2, 0.25) is 0 Å². The SMILES string of the molecule is C=CC(=C)NC(=O)C1C(c2ccc(C)c(F)c2OC)CCC2CCCCC21. The lowest BCUT2D eigenvalue weighted by molar-refractivity contribution is -0.129. The van der Waals surface area contributed by atoms with Gasteiger partial charge in [-0.3, -0.25) is 4.79 Å². The molecule has 1 aromatic rings. The van der Waals surface area contributed by atoms with E-state index in [0.717, 1.165) is 31.2 Å². The van der Waals surface area contributed by atoms with E-state index < -0.39 is 0 Å². The number of halogens is 1. The van der Waals surface area contributed by atoms with E-state index in [4.69, 9.17) is 4.74 Å². The fraction of sp³-hybridized carbons (Fsp3) is 0.522. The zero-order chi connectivity index (χ0) is 19.6. The third-order valence-electron chi connectivity index (χ3n) is 6.47. The Hall–Kier alpha value is -2.10. The summed E-state index contributed by atoms with van der Waals surface area (Å²) in [4.78, 5) is 13.2. The van der Waals surface area contributed by atoms with Crippen LogP contribution in [0.15, 0.2) is 37.1 Å². The number of carbonyl (C=O) groups excluding carboxylic acids is 1. The Morgan fingerprint density at radius 2 is 2.00 bits per heavy atom. The predicted molar refractivity (Wildman–Crippen MR) is 106 cm³/mol. The fourth-order valence-corrected chi connectivity index (χ4v) is 5.13. The van der Waals surface area contributed by atoms with Gasteiger partial charge in [0.25, 0.3) is 0 Å². The normalized spacial score (nSPS) is 27.4. The second kappa shape index (κ2) is 8.28. The van der Waals surface area contributed by atoms with Crippen LogP contribution in [0.4, 0.5) is 4.39 Å². The first kappa shape index (κ1) is 19.7. The zero-order valence-corrected chi connectivity index (χ0v) is 16.4. The number of ether oxygens (including phenoxy) is 1. The summed E-state index contributed by atoms with van der Waals surface area (Å²) in [5.41, 5.74) is 1.88. The van der Waals surface area contributed by atoms with Gasteiger partial charge >= 0.3 is 0 Å². The summed E-state index contributed by atoms with van der Waals surface area (Å²) in [5, 5.41) is 2.91. The average molecular weight is 371 g/mol. The van der Waals surface area contributed by atoms with Crippen molar-refractivity contribution >= 4 is 5.91 Å². The second-order valence-corrected chi connectivity index (χ2v) is 7.96. The Labute approximate surface area is 161 Å². The lowest BCUT2D eigenvalue weighted by Crippen LogP contribution is -2.44. The maximum Gasteiger partial charge on any atom is 0.228 e. The van der Waals surface area contributed by atoms with E-state index in [-0.39, 0.29) is 29.3 Å². The highest BCUT2D eigenvalue weighted by Gasteiger charge is 2.45. The molecule has 4 atom stereocenters. The minimum absolute atomic E-state index is 0.0236. The topological polar surface area (TPSA) is 38.3 Å². The van der Waals surface area contributed by atoms with Gasteiger partial charge in [-0.05, 0) is 55.6 Å². The third kappa shape index (κ3) is 3.80. The molecule has 0 bridgehead atoms. The molecule has 1 N–H and O–H groups in total. The molecule has 0 saturated heterocycles. The van der Waals surface area contributed by atoms with E-state index in [9.17, 15) is 9.18 Å². The summed E-state index contributed by atoms with van der Waals surface area (Å²) in [6, 6.07) is 3.73. The molecule has 2 aliphatic carbocycles. The fourth-order valence-electron chi connectivity index (χ4n) is 5.13. The Morgan fingerprint density at radius 1 is 1.26 bits per heavy atom. The van der Waals surface area contributed by atoms with Gasteiger partial charge in [0, 0.05) is 17.2 Å². The van der Waals surface area contributed by atoms with Crippen molar-refractivity contribution in [2.75, 3.05) is 7.11 Å². The molecule has 0 aromatic heterocycles. The molecule has 2 aliphatic rings. The number of nitrogens with one attached hydrogen (secondary N) is 1. The van der Waals surface area contributed by atoms with Crippen LogP contribution in [0.1, 0.15) is 55.6 Å². The molecule has 4 unspecified atom stereocenters. The van der Waals surface area contributed by atoms with Crippen LogP contribution in [0.3, 0.4) is 0 Å². The number of methoxy groups -OCH3 is 1. The van der Waals surface area contributed by atoms with Gasteiger partial charge in [-0.1, -0.05) is 44.6 Å². The lowest BCUT2D eigenvalue weighted by Gasteiger charge is -2.45. The quantitative estimate of drug-likeness (QED) is 0.717. The van der Waals surface area contributed by atoms with Gasteiger partial charge in [0.2, 0.25) is 5.91 Å². The number of carbonyl (C=O) groups is 1. The number of amides is 1. The molecule has 1 amide bonds. The monoisotopic (exact) mass is 371 g/mol. The zero-order valence-electron chi connectivity index (χ0n) is 16.4. The molecule has 146 valence electrons. The van der Waals surface area contributed by atoms with Crippen LogP contribution in [-0.4, -0.2) is 13.0 Å². The molecule has 27 heavy (non-hydrogen) atoms. The molecule has 0 aliphatic heterocycles. The summed E-state index contributed by atoms with van der Waals surface area (Å²) < 4.78 is 20.1. The van der Waals surface area contributed by atoms with Gasteiger partial charge in [0.1, 0.15) is 0 Å². The Kier molecular flexibility index (Phi) is 6.03. The number of hydrogen-bond acceptors (Lipinski definition) is 2. The summed E-state index contributed by atoms with van der Waals surface area (Å²) in [6.07, 6.45) is 8.14. The summed E-state index contributed by atoms with van der Waals surface area (Å²) in [5.74, 6) is 0.589. The maximum atomic E-state index is 14.7. The first-order chi connectivity index (χ1) is 13.0. The largest absolute Gasteiger partial charge is 0.493 e. The molecule has 2 fully saturated rings. The highest BCUT2D eigenvalue weighted by Crippen LogP contribution is 2.51. The molecule has 4 heteroatoms. The van der Waals surface area contributed by atoms with Crippen molar-refractivity contribution in [3.05, 3.63) is 54.0 Å². The molecule has 3 rings (SSSR count). The van der Waals surface area contributed by atoms with Crippen LogP contribution in [0.25, 0.3) is 0 Å². The molecular formula is C23H30FNO2. The number of benzene rings is 1. The third-order valence-corrected chi connectivity index (χ3v) is 6.47. The Morgan fingerprint density at radius 3 is 2.70 bits per heavy atom. The standard InChI is InChI=1S/C23H30FNO2/c1-5-15(3)25-23(26)20-17-9-7-6-8-16(17)11-13-18(20)19-12-10-14(2)21(24)22(19)27-4/h5,10,12,16-18,20H,1,3,6-9,11,13H2,2,4H3,(H,25,26). The lowest BCUT2D eigenvalue weighted by atomic mass is 9.59. The minimum Gasteiger partial charge on any atom is -0.493 e. The summed E-state index contributed by atoms with van der Waals surface area (Å²) >= 11 is 0. The number of allylic oxidation sites excluding steroid dienone is 1. The van der Waals surface area contributed by atoms with Crippen LogP contribution < -0.4 is 10.1 Å². The molecule has 2 saturated carbocycles. The molecule has 0 heterocycles. The second-order valence-electron chi connectivity index (χ2n) is 7.96. The van der Waals surface area contributed by atoms with Crippen molar-refractivity contribution in [3.8, 4) is 5.75 Å². The van der Waals surface area contributed by atoms with Crippen LogP contribution in [-0.2, 0) is 4.79 Å². The van der Waals surface area contributed by atoms with E-state index >= 15 is 0 Å². The number of aryl methyl sites for hydroxylation is 1. The van der Waals surface area contributed by atoms with Crippen molar-refractivity contribution in [1.82, 2.24) is 5.32 Å². The smallest absolute Gasteiger partial charge is 0.228 e. The van der Waals surface area contributed by atoms with Gasteiger partial charge in [-0.25, -0.2) is 4.39 Å². The Bertz CT molecular complexity index is 742. The van der Waals surface area contributed by atoms with Crippen LogP contribution in [0, 0.1) is 30.5 Å². The van der Waals surface area contributed by atoms with E-state index in [1.54, 1.807) is 19.1 Å². The summed E-state index contributed by atoms with van der Waals surface area (Å²) in [7, 11) is 1.50. The minimum atomic E-state index is -0.324. The van der Waals surface area contributed by atoms with Crippen molar-refractivity contribution in [3.63, 3.8) is 0 Å². The van der Waals surface area contributed by atoms with E-state index in [1.807, 2.05) is 6.07 Å². The van der Waals surface area contributed by atoms with Gasteiger partial charge in [0.05, 0.1) is 7.11 Å². The Balaban J connectivity index is 2.01. The number of fused-ring (bicyclic) bond motifs is 1. The molecular weight excluding hydrogens is 341 g/mol. The van der Waals surface area contributed by atoms with Crippen molar-refractivity contribution in [1.29, 1.82) is 0 Å². The molecule has 1 aromatic carbocycles. The van der Waals surface area contributed by atoms with Crippen molar-refractivity contribution in [2.45, 2.75) is 51.4 Å². The predicted octanol–water partition coefficient (Wildman–Crippen LogP) is 5.26. The molecule has 0 radical (unpaired) electrons. The van der Waals surface area contributed by atoms with E-state index in [2.05, 4.69) is 18.5 Å². The highest BCUT2D eigenvalue weighted by atomic mass is 19.1. The van der Waals surface area contributed by atoms with Crippen LogP contribution >= 0.6 is 0 Å². The van der Waals surface area contributed by atoms with Crippen molar-refractivity contribution in [2.24, 2.45) is 17.8 Å². The maximum absolute atomic E-state index is 14.7. The van der Waals surface area contributed by atoms with Gasteiger partial charge in [-0.2, -0.15) is 0 Å². The molecule has 0 spiro atoms. The highest BCUT2D eigenvalue weighted by molar-refractivity contribution is 5.82. The summed E-state index contributed by atoms with van der Waals surface area (Å²) in [6.45, 7) is 9.25. The number of rotatable bonds is 5.